The molecule has 3 heterocycles. The van der Waals surface area contributed by atoms with E-state index in [1.807, 2.05) is 13.8 Å². The number of hydrogen-bond donors (Lipinski definition) is 4. The molecule has 0 bridgehead atoms. The lowest BCUT2D eigenvalue weighted by Gasteiger charge is -2.26. The Morgan fingerprint density at radius 2 is 1.91 bits per heavy atom. The number of para-hydroxylation sites is 1. The summed E-state index contributed by atoms with van der Waals surface area (Å²) in [4.78, 5) is 30.6. The second-order valence-corrected chi connectivity index (χ2v) is 13.6. The fourth-order valence-electron chi connectivity index (χ4n) is 4.62. The largest absolute Gasteiger partial charge is 0.471 e. The van der Waals surface area contributed by atoms with Gasteiger partial charge in [0.15, 0.2) is 5.49 Å². The number of carbonyl (C=O) groups is 1. The minimum Gasteiger partial charge on any atom is -0.464 e. The quantitative estimate of drug-likeness (QED) is 0.124. The van der Waals surface area contributed by atoms with E-state index < -0.39 is 52.9 Å². The van der Waals surface area contributed by atoms with Gasteiger partial charge in [0.1, 0.15) is 43.1 Å². The molecule has 248 valence electrons. The van der Waals surface area contributed by atoms with Crippen molar-refractivity contribution in [2.75, 3.05) is 13.2 Å². The van der Waals surface area contributed by atoms with Crippen LogP contribution in [0.4, 0.5) is 4.39 Å². The highest BCUT2D eigenvalue weighted by atomic mass is 31.2. The fourth-order valence-corrected chi connectivity index (χ4v) is 6.41. The third-order valence-corrected chi connectivity index (χ3v) is 9.36. The van der Waals surface area contributed by atoms with Crippen LogP contribution in [-0.4, -0.2) is 55.0 Å². The van der Waals surface area contributed by atoms with Gasteiger partial charge < -0.3 is 23.8 Å². The molecule has 0 aliphatic carbocycles. The first-order chi connectivity index (χ1) is 21.2. The number of esters is 1. The summed E-state index contributed by atoms with van der Waals surface area (Å²) in [5.74, 6) is -2.69. The van der Waals surface area contributed by atoms with Crippen LogP contribution in [0.25, 0.3) is 5.52 Å². The molecule has 1 aliphatic rings. The van der Waals surface area contributed by atoms with Crippen LogP contribution in [0, 0.1) is 11.3 Å². The maximum Gasteiger partial charge on any atom is 0.471 e. The molecule has 4 N–H and O–H groups in total. The summed E-state index contributed by atoms with van der Waals surface area (Å²) in [6.45, 7) is 4.24. The Morgan fingerprint density at radius 3 is 2.58 bits per heavy atom. The van der Waals surface area contributed by atoms with Gasteiger partial charge in [-0.1, -0.05) is 44.9 Å². The van der Waals surface area contributed by atoms with Crippen molar-refractivity contribution in [2.45, 2.75) is 71.2 Å². The van der Waals surface area contributed by atoms with E-state index in [1.54, 1.807) is 24.3 Å². The summed E-state index contributed by atoms with van der Waals surface area (Å²) >= 11 is 0. The first-order valence-electron chi connectivity index (χ1n) is 14.4. The van der Waals surface area contributed by atoms with Gasteiger partial charge in [-0.3, -0.25) is 23.8 Å². The van der Waals surface area contributed by atoms with Crippen LogP contribution in [0.15, 0.2) is 48.8 Å². The summed E-state index contributed by atoms with van der Waals surface area (Å²) in [6.07, 6.45) is 2.04. The minimum atomic E-state index is -4.77. The Hall–Kier alpha value is -2.94. The number of phosphoric acid groups is 1. The number of phosphoric ester groups is 1. The number of nitrogens with zero attached hydrogens (tertiary/aromatic N) is 3. The molecule has 0 spiro atoms. The number of aromatic nitrogens is 3. The molecule has 2 aromatic heterocycles. The van der Waals surface area contributed by atoms with Crippen molar-refractivity contribution in [3.63, 3.8) is 0 Å². The van der Waals surface area contributed by atoms with Crippen LogP contribution in [0.2, 0.25) is 0 Å². The second-order valence-electron chi connectivity index (χ2n) is 10.6. The Labute approximate surface area is 258 Å². The van der Waals surface area contributed by atoms with Crippen LogP contribution in [-0.2, 0) is 39.2 Å². The lowest BCUT2D eigenvalue weighted by molar-refractivity contribution is -0.158. The number of halogens is 1. The van der Waals surface area contributed by atoms with Crippen molar-refractivity contribution in [2.24, 2.45) is 5.92 Å². The molecule has 0 radical (unpaired) electrons. The molecule has 0 unspecified atom stereocenters. The summed E-state index contributed by atoms with van der Waals surface area (Å²) in [6, 6.07) is 10.1. The smallest absolute Gasteiger partial charge is 0.464 e. The highest BCUT2D eigenvalue weighted by Gasteiger charge is 2.45. The number of rotatable bonds is 16. The zero-order valence-electron chi connectivity index (χ0n) is 25.1. The van der Waals surface area contributed by atoms with Crippen molar-refractivity contribution in [1.29, 1.82) is 5.41 Å². The predicted octanol–water partition coefficient (Wildman–Crippen LogP) is 4.36. The topological polar surface area (TPSA) is 196 Å². The molecule has 0 saturated carbocycles. The molecular formula is C27H38FN5O10P2. The molecule has 45 heavy (non-hydrogen) atoms. The molecule has 15 nitrogen and oxygen atoms in total. The lowest BCUT2D eigenvalue weighted by Crippen LogP contribution is -2.37. The lowest BCUT2D eigenvalue weighted by atomic mass is 10.1. The van der Waals surface area contributed by atoms with Crippen LogP contribution in [0.1, 0.15) is 58.3 Å². The molecular weight excluding hydrogens is 635 g/mol. The monoisotopic (exact) mass is 673 g/mol. The number of alkyl halides is 1. The van der Waals surface area contributed by atoms with E-state index in [0.29, 0.717) is 5.69 Å². The highest BCUT2D eigenvalue weighted by molar-refractivity contribution is 7.52. The van der Waals surface area contributed by atoms with Gasteiger partial charge in [-0.2, -0.15) is 10.2 Å². The molecule has 1 aliphatic heterocycles. The van der Waals surface area contributed by atoms with E-state index in [2.05, 4.69) is 14.7 Å². The number of fused-ring (bicyclic) bond motifs is 1. The van der Waals surface area contributed by atoms with Crippen molar-refractivity contribution in [3.8, 4) is 5.75 Å². The van der Waals surface area contributed by atoms with Crippen LogP contribution in [0.5, 0.6) is 5.75 Å². The number of hydrogen-bond acceptors (Lipinski definition) is 10. The Balaban J connectivity index is 1.45. The average molecular weight is 674 g/mol. The summed E-state index contributed by atoms with van der Waals surface area (Å²) < 4.78 is 69.9. The summed E-state index contributed by atoms with van der Waals surface area (Å²) in [5.41, 5.74) is 0.514. The molecule has 4 atom stereocenters. The maximum atomic E-state index is 16.0. The zero-order valence-corrected chi connectivity index (χ0v) is 26.9. The number of nitrogens with one attached hydrogen (secondary N) is 2. The van der Waals surface area contributed by atoms with E-state index in [1.165, 1.54) is 29.6 Å². The Morgan fingerprint density at radius 1 is 1.20 bits per heavy atom. The first-order valence-corrected chi connectivity index (χ1v) is 17.4. The van der Waals surface area contributed by atoms with Gasteiger partial charge in [-0.25, -0.2) is 18.0 Å². The summed E-state index contributed by atoms with van der Waals surface area (Å²) in [7, 11) is -9.11. The van der Waals surface area contributed by atoms with Crippen molar-refractivity contribution < 1.29 is 51.1 Å². The SMILES string of the molecule is CCC(CC)COC(=O)[C@H](C)N[P@](=O)(OC[C@]1(F)CC[C@H](c2ccc3c(=N)n(COP(=O)(O)O)cnn23)O1)Oc1ccccc1. The van der Waals surface area contributed by atoms with Crippen LogP contribution >= 0.6 is 15.6 Å². The first kappa shape index (κ1) is 34.9. The van der Waals surface area contributed by atoms with Crippen LogP contribution in [0.3, 0.4) is 0 Å². The summed E-state index contributed by atoms with van der Waals surface area (Å²) in [5, 5.41) is 15.1. The van der Waals surface area contributed by atoms with E-state index in [0.717, 1.165) is 23.7 Å². The maximum absolute atomic E-state index is 16.0. The van der Waals surface area contributed by atoms with E-state index in [4.69, 9.17) is 33.7 Å². The molecule has 18 heteroatoms. The molecule has 4 rings (SSSR count). The standard InChI is InChI=1S/C27H38FN5O10P2/c1-4-20(5-2)15-39-26(34)19(3)31-44(35,43-21-9-7-6-8-10-21)40-16-27(28)14-13-24(42-27)22-11-12-23-25(29)32(17-30-33(22)23)18-41-45(36,37)38/h6-12,17,19-20,24,29H,4-5,13-16,18H2,1-3H3,(H,31,35)(H2,36,37,38)/t19-,24+,27-,44-/m0/s1. The molecule has 0 amide bonds. The zero-order chi connectivity index (χ0) is 32.8. The number of ether oxygens (including phenoxy) is 2. The van der Waals surface area contributed by atoms with Gasteiger partial charge in [0.05, 0.1) is 12.3 Å². The third-order valence-electron chi connectivity index (χ3n) is 7.29. The van der Waals surface area contributed by atoms with Crippen molar-refractivity contribution in [3.05, 3.63) is 60.0 Å². The van der Waals surface area contributed by atoms with Gasteiger partial charge >= 0.3 is 21.5 Å². The van der Waals surface area contributed by atoms with Crippen molar-refractivity contribution in [1.82, 2.24) is 19.3 Å². The number of benzene rings is 1. The fraction of sp³-hybridized carbons (Fsp3) is 0.519. The van der Waals surface area contributed by atoms with Gasteiger partial charge in [0.25, 0.3) is 0 Å². The van der Waals surface area contributed by atoms with Gasteiger partial charge in [0.2, 0.25) is 5.85 Å². The third kappa shape index (κ3) is 9.30. The normalized spacial score (nSPS) is 20.7. The predicted molar refractivity (Wildman–Crippen MR) is 157 cm³/mol. The van der Waals surface area contributed by atoms with Gasteiger partial charge in [-0.15, -0.1) is 0 Å². The van der Waals surface area contributed by atoms with Crippen molar-refractivity contribution >= 4 is 27.1 Å². The average Bonchev–Trinajstić information content (AvgIpc) is 3.60. The molecule has 1 saturated heterocycles. The van der Waals surface area contributed by atoms with E-state index >= 15 is 4.39 Å². The second kappa shape index (κ2) is 14.7. The Bertz CT molecular complexity index is 1610. The van der Waals surface area contributed by atoms with Gasteiger partial charge in [0, 0.05) is 6.42 Å². The highest BCUT2D eigenvalue weighted by Crippen LogP contribution is 2.48. The van der Waals surface area contributed by atoms with E-state index in [-0.39, 0.29) is 42.1 Å². The minimum absolute atomic E-state index is 0.139. The van der Waals surface area contributed by atoms with Crippen LogP contribution < -0.4 is 15.1 Å². The molecule has 1 fully saturated rings. The Kier molecular flexibility index (Phi) is 11.4. The number of carbonyl (C=O) groups excluding carboxylic acids is 1. The van der Waals surface area contributed by atoms with E-state index in [9.17, 15) is 13.9 Å². The van der Waals surface area contributed by atoms with Gasteiger partial charge in [-0.05, 0) is 43.5 Å². The molecule has 3 aromatic rings. The molecule has 1 aromatic carbocycles.